The number of para-hydroxylation sites is 1. The summed E-state index contributed by atoms with van der Waals surface area (Å²) < 4.78 is 0. The first-order valence-corrected chi connectivity index (χ1v) is 6.39. The van der Waals surface area contributed by atoms with Crippen molar-refractivity contribution in [1.82, 2.24) is 4.90 Å². The van der Waals surface area contributed by atoms with Gasteiger partial charge in [0.15, 0.2) is 0 Å². The molecule has 2 rings (SSSR count). The van der Waals surface area contributed by atoms with Crippen molar-refractivity contribution in [3.8, 4) is 0 Å². The highest BCUT2D eigenvalue weighted by molar-refractivity contribution is 5.56. The number of hydrogen-bond acceptors (Lipinski definition) is 3. The van der Waals surface area contributed by atoms with E-state index in [-0.39, 0.29) is 6.04 Å². The largest absolute Gasteiger partial charge is 0.366 e. The van der Waals surface area contributed by atoms with Gasteiger partial charge in [-0.25, -0.2) is 0 Å². The third-order valence-electron chi connectivity index (χ3n) is 3.57. The van der Waals surface area contributed by atoms with Gasteiger partial charge in [-0.1, -0.05) is 18.2 Å². The number of rotatable bonds is 2. The summed E-state index contributed by atoms with van der Waals surface area (Å²) in [7, 11) is 2.19. The molecule has 0 aromatic heterocycles. The lowest BCUT2D eigenvalue weighted by atomic mass is 10.0. The van der Waals surface area contributed by atoms with Crippen LogP contribution in [0.25, 0.3) is 0 Å². The van der Waals surface area contributed by atoms with Gasteiger partial charge in [-0.3, -0.25) is 0 Å². The fraction of sp³-hybridized carbons (Fsp3) is 0.571. The number of hydrogen-bond donors (Lipinski definition) is 1. The molecule has 0 saturated carbocycles. The highest BCUT2D eigenvalue weighted by Crippen LogP contribution is 2.27. The van der Waals surface area contributed by atoms with E-state index in [0.29, 0.717) is 6.04 Å². The maximum Gasteiger partial charge on any atom is 0.0417 e. The van der Waals surface area contributed by atoms with Crippen molar-refractivity contribution in [2.24, 2.45) is 5.73 Å². The molecule has 1 heterocycles. The molecule has 1 unspecified atom stereocenters. The van der Waals surface area contributed by atoms with Crippen LogP contribution in [0.15, 0.2) is 24.3 Å². The van der Waals surface area contributed by atoms with Crippen molar-refractivity contribution in [1.29, 1.82) is 0 Å². The van der Waals surface area contributed by atoms with E-state index < -0.39 is 0 Å². The molecular formula is C14H23N3. The average Bonchev–Trinajstić information content (AvgIpc) is 2.29. The predicted octanol–water partition coefficient (Wildman–Crippen LogP) is 1.85. The van der Waals surface area contributed by atoms with Gasteiger partial charge in [0.25, 0.3) is 0 Å². The minimum atomic E-state index is 0.0954. The predicted molar refractivity (Wildman–Crippen MR) is 73.3 cm³/mol. The SMILES string of the molecule is CC1CN(C)CCN1c1ccccc1[C@H](C)N. The van der Waals surface area contributed by atoms with E-state index in [1.54, 1.807) is 0 Å². The van der Waals surface area contributed by atoms with Crippen molar-refractivity contribution < 1.29 is 0 Å². The van der Waals surface area contributed by atoms with E-state index in [9.17, 15) is 0 Å². The van der Waals surface area contributed by atoms with E-state index in [0.717, 1.165) is 19.6 Å². The quantitative estimate of drug-likeness (QED) is 0.846. The molecule has 0 bridgehead atoms. The fourth-order valence-corrected chi connectivity index (χ4v) is 2.63. The Hall–Kier alpha value is -1.06. The number of nitrogens with zero attached hydrogens (tertiary/aromatic N) is 2. The summed E-state index contributed by atoms with van der Waals surface area (Å²) in [5.41, 5.74) is 8.62. The van der Waals surface area contributed by atoms with Crippen molar-refractivity contribution >= 4 is 5.69 Å². The smallest absolute Gasteiger partial charge is 0.0417 e. The number of nitrogens with two attached hydrogens (primary N) is 1. The van der Waals surface area contributed by atoms with Gasteiger partial charge in [0.1, 0.15) is 0 Å². The average molecular weight is 233 g/mol. The standard InChI is InChI=1S/C14H23N3/c1-11-10-16(3)8-9-17(11)14-7-5-4-6-13(14)12(2)15/h4-7,11-12H,8-10,15H2,1-3H3/t11?,12-/m0/s1. The van der Waals surface area contributed by atoms with E-state index >= 15 is 0 Å². The van der Waals surface area contributed by atoms with Crippen LogP contribution in [-0.2, 0) is 0 Å². The Bertz CT molecular complexity index is 375. The Morgan fingerprint density at radius 3 is 2.65 bits per heavy atom. The Balaban J connectivity index is 2.27. The van der Waals surface area contributed by atoms with Crippen LogP contribution in [0.2, 0.25) is 0 Å². The molecule has 2 N–H and O–H groups in total. The van der Waals surface area contributed by atoms with Crippen molar-refractivity contribution in [2.45, 2.75) is 25.9 Å². The van der Waals surface area contributed by atoms with Gasteiger partial charge in [-0.2, -0.15) is 0 Å². The molecule has 2 atom stereocenters. The Labute approximate surface area is 104 Å². The van der Waals surface area contributed by atoms with Crippen molar-refractivity contribution in [3.05, 3.63) is 29.8 Å². The Morgan fingerprint density at radius 1 is 1.29 bits per heavy atom. The summed E-state index contributed by atoms with van der Waals surface area (Å²) >= 11 is 0. The zero-order chi connectivity index (χ0) is 12.4. The van der Waals surface area contributed by atoms with Gasteiger partial charge in [0.05, 0.1) is 0 Å². The molecule has 1 aromatic carbocycles. The molecule has 94 valence electrons. The first kappa shape index (κ1) is 12.4. The minimum Gasteiger partial charge on any atom is -0.366 e. The second-order valence-corrected chi connectivity index (χ2v) is 5.15. The second-order valence-electron chi connectivity index (χ2n) is 5.15. The normalized spacial score (nSPS) is 23.8. The maximum atomic E-state index is 6.06. The van der Waals surface area contributed by atoms with Gasteiger partial charge in [0, 0.05) is 37.4 Å². The van der Waals surface area contributed by atoms with Crippen LogP contribution in [0.3, 0.4) is 0 Å². The van der Waals surface area contributed by atoms with Gasteiger partial charge in [-0.05, 0) is 32.5 Å². The summed E-state index contributed by atoms with van der Waals surface area (Å²) in [6.07, 6.45) is 0. The number of anilines is 1. The van der Waals surface area contributed by atoms with Crippen LogP contribution >= 0.6 is 0 Å². The van der Waals surface area contributed by atoms with Crippen LogP contribution in [0.5, 0.6) is 0 Å². The number of likely N-dealkylation sites (N-methyl/N-ethyl adjacent to an activating group) is 1. The molecule has 0 spiro atoms. The van der Waals surface area contributed by atoms with Gasteiger partial charge < -0.3 is 15.5 Å². The lowest BCUT2D eigenvalue weighted by Crippen LogP contribution is -2.50. The highest BCUT2D eigenvalue weighted by Gasteiger charge is 2.23. The third-order valence-corrected chi connectivity index (χ3v) is 3.57. The molecule has 0 aliphatic carbocycles. The molecule has 1 saturated heterocycles. The number of benzene rings is 1. The van der Waals surface area contributed by atoms with E-state index in [1.807, 2.05) is 0 Å². The molecule has 3 nitrogen and oxygen atoms in total. The van der Waals surface area contributed by atoms with Gasteiger partial charge in [0.2, 0.25) is 0 Å². The van der Waals surface area contributed by atoms with Crippen LogP contribution in [0, 0.1) is 0 Å². The summed E-state index contributed by atoms with van der Waals surface area (Å²) in [5, 5.41) is 0. The summed E-state index contributed by atoms with van der Waals surface area (Å²) in [6.45, 7) is 7.67. The Morgan fingerprint density at radius 2 is 2.00 bits per heavy atom. The third kappa shape index (κ3) is 2.61. The van der Waals surface area contributed by atoms with Crippen LogP contribution < -0.4 is 10.6 Å². The summed E-state index contributed by atoms with van der Waals surface area (Å²) in [4.78, 5) is 4.87. The molecule has 0 amide bonds. The fourth-order valence-electron chi connectivity index (χ4n) is 2.63. The zero-order valence-corrected chi connectivity index (χ0v) is 11.1. The molecule has 1 fully saturated rings. The van der Waals surface area contributed by atoms with Crippen LogP contribution in [0.1, 0.15) is 25.5 Å². The van der Waals surface area contributed by atoms with Gasteiger partial charge >= 0.3 is 0 Å². The van der Waals surface area contributed by atoms with E-state index in [4.69, 9.17) is 5.73 Å². The zero-order valence-electron chi connectivity index (χ0n) is 11.1. The first-order valence-electron chi connectivity index (χ1n) is 6.39. The molecule has 3 heteroatoms. The summed E-state index contributed by atoms with van der Waals surface area (Å²) in [6, 6.07) is 9.16. The lowest BCUT2D eigenvalue weighted by Gasteiger charge is -2.41. The topological polar surface area (TPSA) is 32.5 Å². The van der Waals surface area contributed by atoms with Crippen molar-refractivity contribution in [3.63, 3.8) is 0 Å². The first-order chi connectivity index (χ1) is 8.09. The van der Waals surface area contributed by atoms with Crippen LogP contribution in [0.4, 0.5) is 5.69 Å². The molecule has 1 aliphatic rings. The molecule has 17 heavy (non-hydrogen) atoms. The Kier molecular flexibility index (Phi) is 3.69. The van der Waals surface area contributed by atoms with E-state index in [2.05, 4.69) is 55.0 Å². The minimum absolute atomic E-state index is 0.0954. The molecule has 0 radical (unpaired) electrons. The highest BCUT2D eigenvalue weighted by atomic mass is 15.3. The number of piperazine rings is 1. The summed E-state index contributed by atoms with van der Waals surface area (Å²) in [5.74, 6) is 0. The van der Waals surface area contributed by atoms with Gasteiger partial charge in [-0.15, -0.1) is 0 Å². The second kappa shape index (κ2) is 5.07. The van der Waals surface area contributed by atoms with E-state index in [1.165, 1.54) is 11.3 Å². The van der Waals surface area contributed by atoms with Crippen LogP contribution in [-0.4, -0.2) is 37.6 Å². The lowest BCUT2D eigenvalue weighted by molar-refractivity contribution is 0.275. The molecule has 1 aliphatic heterocycles. The molecule has 1 aromatic rings. The molecular weight excluding hydrogens is 210 g/mol. The maximum absolute atomic E-state index is 6.06. The monoisotopic (exact) mass is 233 g/mol. The van der Waals surface area contributed by atoms with Crippen molar-refractivity contribution in [2.75, 3.05) is 31.6 Å².